The van der Waals surface area contributed by atoms with Crippen LogP contribution in [-0.4, -0.2) is 12.7 Å². The maximum Gasteiger partial charge on any atom is 0.569 e. The third kappa shape index (κ3) is 2.11. The highest BCUT2D eigenvalue weighted by atomic mass is 16.5. The summed E-state index contributed by atoms with van der Waals surface area (Å²) in [6, 6.07) is 32.4. The van der Waals surface area contributed by atoms with Gasteiger partial charge in [0.25, 0.3) is 0 Å². The second-order valence-electron chi connectivity index (χ2n) is 7.72. The van der Waals surface area contributed by atoms with Crippen molar-refractivity contribution in [3.63, 3.8) is 0 Å². The van der Waals surface area contributed by atoms with Crippen LogP contribution in [0, 0.1) is 0 Å². The Morgan fingerprint density at radius 2 is 1.24 bits per heavy atom. The number of hydrogen-bond donors (Lipinski definition) is 1. The van der Waals surface area contributed by atoms with Gasteiger partial charge in [-0.15, -0.1) is 0 Å². The quantitative estimate of drug-likeness (QED) is 0.440. The van der Waals surface area contributed by atoms with Crippen LogP contribution in [0.4, 0.5) is 0 Å². The van der Waals surface area contributed by atoms with E-state index in [1.807, 2.05) is 6.07 Å². The predicted octanol–water partition coefficient (Wildman–Crippen LogP) is 4.86. The average Bonchev–Trinajstić information content (AvgIpc) is 3.05. The molecule has 0 atom stereocenters. The molecule has 0 fully saturated rings. The van der Waals surface area contributed by atoms with Crippen molar-refractivity contribution in [2.75, 3.05) is 0 Å². The second-order valence-corrected chi connectivity index (χ2v) is 7.72. The number of fused-ring (bicyclic) bond motifs is 9. The van der Waals surface area contributed by atoms with Gasteiger partial charge in [0.2, 0.25) is 0 Å². The largest absolute Gasteiger partial charge is 0.569 e. The fourth-order valence-electron chi connectivity index (χ4n) is 5.40. The Bertz CT molecular complexity index is 1220. The van der Waals surface area contributed by atoms with Gasteiger partial charge in [-0.3, -0.25) is 0 Å². The van der Waals surface area contributed by atoms with Crippen LogP contribution in [0.2, 0.25) is 0 Å². The maximum atomic E-state index is 9.21. The Morgan fingerprint density at radius 1 is 0.655 bits per heavy atom. The molecule has 0 saturated heterocycles. The van der Waals surface area contributed by atoms with E-state index in [-0.39, 0.29) is 5.41 Å². The van der Waals surface area contributed by atoms with Gasteiger partial charge in [0.15, 0.2) is 0 Å². The molecule has 4 aromatic carbocycles. The highest BCUT2D eigenvalue weighted by Crippen LogP contribution is 2.59. The Labute approximate surface area is 170 Å². The molecule has 2 aliphatic carbocycles. The van der Waals surface area contributed by atoms with Crippen molar-refractivity contribution in [1.29, 1.82) is 0 Å². The zero-order chi connectivity index (χ0) is 19.4. The van der Waals surface area contributed by atoms with Crippen molar-refractivity contribution < 1.29 is 9.68 Å². The van der Waals surface area contributed by atoms with Gasteiger partial charge in [0.05, 0.1) is 5.41 Å². The van der Waals surface area contributed by atoms with Gasteiger partial charge in [0, 0.05) is 0 Å². The molecule has 0 amide bonds. The third-order valence-corrected chi connectivity index (χ3v) is 6.43. The summed E-state index contributed by atoms with van der Waals surface area (Å²) in [6.07, 6.45) is 0.937. The Hall–Kier alpha value is -3.30. The van der Waals surface area contributed by atoms with E-state index in [0.717, 1.165) is 14.1 Å². The first-order valence-corrected chi connectivity index (χ1v) is 9.88. The van der Waals surface area contributed by atoms with Crippen molar-refractivity contribution >= 4 is 7.69 Å². The summed E-state index contributed by atoms with van der Waals surface area (Å²) in [7, 11) is 0.749. The maximum absolute atomic E-state index is 9.21. The molecule has 0 saturated carbocycles. The molecule has 0 aliphatic heterocycles. The van der Waals surface area contributed by atoms with Crippen LogP contribution in [0.5, 0.6) is 5.75 Å². The molecule has 29 heavy (non-hydrogen) atoms. The molecule has 1 spiro atoms. The number of rotatable bonds is 2. The van der Waals surface area contributed by atoms with Gasteiger partial charge in [-0.2, -0.15) is 0 Å². The summed E-state index contributed by atoms with van der Waals surface area (Å²) < 4.78 is 5.37. The van der Waals surface area contributed by atoms with E-state index in [4.69, 9.17) is 4.65 Å². The Balaban J connectivity index is 1.80. The van der Waals surface area contributed by atoms with E-state index in [0.29, 0.717) is 5.75 Å². The first kappa shape index (κ1) is 16.6. The minimum atomic E-state index is -0.383. The summed E-state index contributed by atoms with van der Waals surface area (Å²) in [5.74, 6) is 0.638. The van der Waals surface area contributed by atoms with Crippen LogP contribution in [0.15, 0.2) is 91.0 Å². The van der Waals surface area contributed by atoms with Gasteiger partial charge in [-0.1, -0.05) is 78.9 Å². The molecule has 4 aromatic rings. The molecular formula is C26H18BO2. The highest BCUT2D eigenvalue weighted by molar-refractivity contribution is 6.17. The van der Waals surface area contributed by atoms with Gasteiger partial charge in [0.1, 0.15) is 5.75 Å². The highest BCUT2D eigenvalue weighted by Gasteiger charge is 2.49. The summed E-state index contributed by atoms with van der Waals surface area (Å²) in [4.78, 5) is 0. The molecule has 2 nitrogen and oxygen atoms in total. The van der Waals surface area contributed by atoms with E-state index < -0.39 is 0 Å². The lowest BCUT2D eigenvalue weighted by Crippen LogP contribution is -2.34. The van der Waals surface area contributed by atoms with E-state index in [1.54, 1.807) is 0 Å². The van der Waals surface area contributed by atoms with E-state index in [9.17, 15) is 5.02 Å². The Kier molecular flexibility index (Phi) is 3.50. The average molecular weight is 373 g/mol. The first-order chi connectivity index (χ1) is 14.3. The van der Waals surface area contributed by atoms with Crippen molar-refractivity contribution in [1.82, 2.24) is 0 Å². The summed E-state index contributed by atoms with van der Waals surface area (Å²) in [5, 5.41) is 9.21. The van der Waals surface area contributed by atoms with E-state index in [1.165, 1.54) is 44.5 Å². The molecular weight excluding hydrogens is 355 g/mol. The molecule has 137 valence electrons. The van der Waals surface area contributed by atoms with Gasteiger partial charge >= 0.3 is 7.69 Å². The van der Waals surface area contributed by atoms with Crippen LogP contribution >= 0.6 is 0 Å². The molecule has 2 aliphatic rings. The van der Waals surface area contributed by atoms with Crippen LogP contribution in [0.1, 0.15) is 33.4 Å². The van der Waals surface area contributed by atoms with Gasteiger partial charge < -0.3 is 9.68 Å². The number of benzene rings is 4. The predicted molar refractivity (Wildman–Crippen MR) is 115 cm³/mol. The SMILES string of the molecule is O[B]Oc1ccc2c(c1)C1(c3ccccc3Cc3ccccc31)c1ccccc1-2. The Morgan fingerprint density at radius 3 is 1.93 bits per heavy atom. The molecule has 1 N–H and O–H groups in total. The standard InChI is InChI=1S/C26H18BO2/c28-27-29-19-13-14-21-20-9-3-6-12-24(20)26(25(21)16-19)22-10-4-1-7-17(22)15-18-8-2-5-11-23(18)26/h1-14,16,28H,15H2. The van der Waals surface area contributed by atoms with Gasteiger partial charge in [-0.05, 0) is 63.1 Å². The molecule has 6 rings (SSSR count). The number of hydrogen-bond acceptors (Lipinski definition) is 2. The van der Waals surface area contributed by atoms with Crippen molar-refractivity contribution in [3.05, 3.63) is 124 Å². The molecule has 0 aromatic heterocycles. The lowest BCUT2D eigenvalue weighted by atomic mass is 9.61. The summed E-state index contributed by atoms with van der Waals surface area (Å²) >= 11 is 0. The van der Waals surface area contributed by atoms with Crippen LogP contribution in [0.3, 0.4) is 0 Å². The van der Waals surface area contributed by atoms with E-state index in [2.05, 4.69) is 84.9 Å². The third-order valence-electron chi connectivity index (χ3n) is 6.43. The lowest BCUT2D eigenvalue weighted by Gasteiger charge is -2.40. The zero-order valence-corrected chi connectivity index (χ0v) is 15.8. The van der Waals surface area contributed by atoms with Crippen LogP contribution < -0.4 is 4.65 Å². The molecule has 0 unspecified atom stereocenters. The fourth-order valence-corrected chi connectivity index (χ4v) is 5.40. The fraction of sp³-hybridized carbons (Fsp3) is 0.0769. The van der Waals surface area contributed by atoms with Crippen molar-refractivity contribution in [2.24, 2.45) is 0 Å². The molecule has 0 heterocycles. The van der Waals surface area contributed by atoms with Gasteiger partial charge in [-0.25, -0.2) is 0 Å². The molecule has 1 radical (unpaired) electrons. The minimum Gasteiger partial charge on any atom is -0.537 e. The van der Waals surface area contributed by atoms with Crippen LogP contribution in [0.25, 0.3) is 11.1 Å². The van der Waals surface area contributed by atoms with Crippen molar-refractivity contribution in [3.8, 4) is 16.9 Å². The van der Waals surface area contributed by atoms with Crippen LogP contribution in [-0.2, 0) is 11.8 Å². The monoisotopic (exact) mass is 373 g/mol. The lowest BCUT2D eigenvalue weighted by molar-refractivity contribution is 0.453. The normalized spacial score (nSPS) is 14.5. The second kappa shape index (κ2) is 6.10. The topological polar surface area (TPSA) is 29.5 Å². The molecule has 3 heteroatoms. The summed E-state index contributed by atoms with van der Waals surface area (Å²) in [5.41, 5.74) is 9.97. The smallest absolute Gasteiger partial charge is 0.537 e. The first-order valence-electron chi connectivity index (χ1n) is 9.88. The summed E-state index contributed by atoms with van der Waals surface area (Å²) in [6.45, 7) is 0. The van der Waals surface area contributed by atoms with E-state index >= 15 is 0 Å². The molecule has 0 bridgehead atoms. The minimum absolute atomic E-state index is 0.383. The zero-order valence-electron chi connectivity index (χ0n) is 15.8. The van der Waals surface area contributed by atoms with Crippen molar-refractivity contribution in [2.45, 2.75) is 11.8 Å².